The second-order valence-corrected chi connectivity index (χ2v) is 8.78. The summed E-state index contributed by atoms with van der Waals surface area (Å²) in [6, 6.07) is 20.6. The van der Waals surface area contributed by atoms with E-state index in [-0.39, 0.29) is 22.7 Å². The van der Waals surface area contributed by atoms with Crippen molar-refractivity contribution in [2.45, 2.75) is 6.92 Å². The number of carbonyl (C=O) groups is 1. The van der Waals surface area contributed by atoms with E-state index in [0.717, 1.165) is 0 Å². The summed E-state index contributed by atoms with van der Waals surface area (Å²) in [6.07, 6.45) is 1.40. The molecule has 0 bridgehead atoms. The summed E-state index contributed by atoms with van der Waals surface area (Å²) in [5, 5.41) is 2.79. The van der Waals surface area contributed by atoms with Gasteiger partial charge in [0.25, 0.3) is 11.5 Å². The Morgan fingerprint density at radius 1 is 1.03 bits per heavy atom. The van der Waals surface area contributed by atoms with Gasteiger partial charge in [0.15, 0.2) is 11.6 Å². The number of anilines is 2. The number of hydrogen-bond donors (Lipinski definition) is 2. The lowest BCUT2D eigenvalue weighted by Gasteiger charge is -2.10. The lowest BCUT2D eigenvalue weighted by Crippen LogP contribution is -2.25. The lowest BCUT2D eigenvalue weighted by molar-refractivity contribution is 0.102. The topological polar surface area (TPSA) is 117 Å². The maximum Gasteiger partial charge on any atom is 0.284 e. The molecule has 0 aliphatic heterocycles. The zero-order valence-corrected chi connectivity index (χ0v) is 21.5. The molecule has 3 aromatic carbocycles. The molecule has 2 aromatic heterocycles. The van der Waals surface area contributed by atoms with Gasteiger partial charge in [0.2, 0.25) is 0 Å². The van der Waals surface area contributed by atoms with Crippen molar-refractivity contribution >= 4 is 17.4 Å². The number of nitrogens with two attached hydrogens (primary N) is 1. The molecule has 2 heterocycles. The molecule has 0 unspecified atom stereocenters. The Bertz CT molecular complexity index is 1740. The van der Waals surface area contributed by atoms with Gasteiger partial charge in [-0.2, -0.15) is 0 Å². The van der Waals surface area contributed by atoms with Gasteiger partial charge in [-0.1, -0.05) is 36.4 Å². The largest absolute Gasteiger partial charge is 0.494 e. The third-order valence-electron chi connectivity index (χ3n) is 6.46. The predicted molar refractivity (Wildman–Crippen MR) is 148 cm³/mol. The number of rotatable bonds is 6. The minimum Gasteiger partial charge on any atom is -0.494 e. The second kappa shape index (κ2) is 10.3. The lowest BCUT2D eigenvalue weighted by atomic mass is 10.1. The van der Waals surface area contributed by atoms with Gasteiger partial charge in [0.05, 0.1) is 30.4 Å². The Kier molecular flexibility index (Phi) is 6.68. The van der Waals surface area contributed by atoms with Crippen molar-refractivity contribution < 1.29 is 13.9 Å². The van der Waals surface area contributed by atoms with Gasteiger partial charge in [0.1, 0.15) is 17.1 Å². The van der Waals surface area contributed by atoms with Gasteiger partial charge < -0.3 is 15.8 Å². The SMILES string of the molecule is COc1cccc(-c2cnc(N)c(-c3ccc(NC(=O)c4c(C)n(C)n(-c5ccccc5)c4=O)cc3)n2)c1F. The highest BCUT2D eigenvalue weighted by Crippen LogP contribution is 2.31. The van der Waals surface area contributed by atoms with Crippen LogP contribution in [0, 0.1) is 12.7 Å². The van der Waals surface area contributed by atoms with Crippen LogP contribution in [0.2, 0.25) is 0 Å². The average Bonchev–Trinajstić information content (AvgIpc) is 3.17. The molecule has 0 saturated carbocycles. The molecule has 0 saturated heterocycles. The minimum absolute atomic E-state index is 0.0496. The van der Waals surface area contributed by atoms with Crippen LogP contribution in [0.5, 0.6) is 5.75 Å². The molecular weight excluding hydrogens is 499 g/mol. The first-order chi connectivity index (χ1) is 18.8. The van der Waals surface area contributed by atoms with Crippen LogP contribution in [0.1, 0.15) is 16.1 Å². The number of methoxy groups -OCH3 is 1. The Morgan fingerprint density at radius 3 is 2.44 bits per heavy atom. The number of aromatic nitrogens is 4. The number of carbonyl (C=O) groups excluding carboxylic acids is 1. The highest BCUT2D eigenvalue weighted by Gasteiger charge is 2.22. The van der Waals surface area contributed by atoms with E-state index < -0.39 is 17.3 Å². The smallest absolute Gasteiger partial charge is 0.284 e. The van der Waals surface area contributed by atoms with Crippen molar-refractivity contribution in [2.75, 3.05) is 18.2 Å². The second-order valence-electron chi connectivity index (χ2n) is 8.78. The van der Waals surface area contributed by atoms with Gasteiger partial charge in [0, 0.05) is 23.9 Å². The molecule has 1 amide bonds. The molecule has 10 heteroatoms. The van der Waals surface area contributed by atoms with Crippen molar-refractivity contribution in [1.82, 2.24) is 19.3 Å². The summed E-state index contributed by atoms with van der Waals surface area (Å²) >= 11 is 0. The van der Waals surface area contributed by atoms with Crippen molar-refractivity contribution in [3.8, 4) is 34.0 Å². The van der Waals surface area contributed by atoms with Crippen LogP contribution >= 0.6 is 0 Å². The van der Waals surface area contributed by atoms with Gasteiger partial charge in [-0.3, -0.25) is 14.3 Å². The average molecular weight is 525 g/mol. The Labute approximate surface area is 223 Å². The monoisotopic (exact) mass is 524 g/mol. The fourth-order valence-electron chi connectivity index (χ4n) is 4.34. The van der Waals surface area contributed by atoms with Crippen LogP contribution < -0.4 is 21.3 Å². The first-order valence-electron chi connectivity index (χ1n) is 12.0. The van der Waals surface area contributed by atoms with E-state index in [4.69, 9.17) is 10.5 Å². The molecule has 0 atom stereocenters. The third kappa shape index (κ3) is 4.63. The zero-order valence-electron chi connectivity index (χ0n) is 21.5. The van der Waals surface area contributed by atoms with E-state index in [1.807, 2.05) is 18.2 Å². The summed E-state index contributed by atoms with van der Waals surface area (Å²) in [5.74, 6) is -0.812. The van der Waals surface area contributed by atoms with E-state index in [0.29, 0.717) is 34.0 Å². The van der Waals surface area contributed by atoms with E-state index in [1.54, 1.807) is 67.2 Å². The van der Waals surface area contributed by atoms with E-state index in [9.17, 15) is 14.0 Å². The number of hydrogen-bond acceptors (Lipinski definition) is 6. The highest BCUT2D eigenvalue weighted by molar-refractivity contribution is 6.05. The molecule has 0 spiro atoms. The van der Waals surface area contributed by atoms with Crippen molar-refractivity contribution in [3.63, 3.8) is 0 Å². The molecule has 0 aliphatic rings. The molecule has 196 valence electrons. The van der Waals surface area contributed by atoms with E-state index in [1.165, 1.54) is 24.1 Å². The number of halogens is 1. The highest BCUT2D eigenvalue weighted by atomic mass is 19.1. The number of ether oxygens (including phenoxy) is 1. The van der Waals surface area contributed by atoms with Gasteiger partial charge >= 0.3 is 0 Å². The van der Waals surface area contributed by atoms with Crippen LogP contribution in [0.15, 0.2) is 83.8 Å². The number of benzene rings is 3. The van der Waals surface area contributed by atoms with Gasteiger partial charge in [-0.15, -0.1) is 0 Å². The van der Waals surface area contributed by atoms with Crippen LogP contribution in [0.3, 0.4) is 0 Å². The molecule has 0 radical (unpaired) electrons. The number of amides is 1. The molecule has 0 aliphatic carbocycles. The molecule has 5 rings (SSSR count). The van der Waals surface area contributed by atoms with E-state index in [2.05, 4.69) is 15.3 Å². The predicted octanol–water partition coefficient (Wildman–Crippen LogP) is 4.59. The van der Waals surface area contributed by atoms with Crippen LogP contribution in [-0.2, 0) is 7.05 Å². The van der Waals surface area contributed by atoms with Crippen LogP contribution in [-0.4, -0.2) is 32.3 Å². The quantitative estimate of drug-likeness (QED) is 0.336. The Morgan fingerprint density at radius 2 is 1.74 bits per heavy atom. The molecular formula is C29H25FN6O3. The van der Waals surface area contributed by atoms with Crippen molar-refractivity contribution in [2.24, 2.45) is 7.05 Å². The third-order valence-corrected chi connectivity index (χ3v) is 6.46. The molecule has 9 nitrogen and oxygen atoms in total. The number of nitrogen functional groups attached to an aromatic ring is 1. The van der Waals surface area contributed by atoms with Crippen molar-refractivity contribution in [3.05, 3.63) is 106 Å². The maximum absolute atomic E-state index is 14.8. The van der Waals surface area contributed by atoms with Gasteiger partial charge in [-0.05, 0) is 43.3 Å². The first kappa shape index (κ1) is 25.4. The summed E-state index contributed by atoms with van der Waals surface area (Å²) in [7, 11) is 3.12. The minimum atomic E-state index is -0.550. The number of para-hydroxylation sites is 1. The van der Waals surface area contributed by atoms with Crippen molar-refractivity contribution in [1.29, 1.82) is 0 Å². The fourth-order valence-corrected chi connectivity index (χ4v) is 4.34. The molecule has 5 aromatic rings. The normalized spacial score (nSPS) is 10.9. The fraction of sp³-hybridized carbons (Fsp3) is 0.103. The summed E-state index contributed by atoms with van der Waals surface area (Å²) in [4.78, 5) is 35.0. The molecule has 3 N–H and O–H groups in total. The summed E-state index contributed by atoms with van der Waals surface area (Å²) < 4.78 is 23.0. The summed E-state index contributed by atoms with van der Waals surface area (Å²) in [5.41, 5.74) is 8.87. The number of nitrogens with zero attached hydrogens (tertiary/aromatic N) is 4. The van der Waals surface area contributed by atoms with Crippen LogP contribution in [0.4, 0.5) is 15.9 Å². The summed E-state index contributed by atoms with van der Waals surface area (Å²) in [6.45, 7) is 1.72. The van der Waals surface area contributed by atoms with E-state index >= 15 is 0 Å². The standard InChI is InChI=1S/C29H25FN6O3/c1-17-24(29(38)36(35(17)2)20-8-5-4-6-9-20)28(37)33-19-14-12-18(13-15-19)26-27(31)32-16-22(34-26)21-10-7-11-23(39-3)25(21)30/h4-16H,1-3H3,(H2,31,32)(H,33,37). The maximum atomic E-state index is 14.8. The molecule has 0 fully saturated rings. The Hall–Kier alpha value is -5.25. The first-order valence-corrected chi connectivity index (χ1v) is 12.0. The number of nitrogens with one attached hydrogen (secondary N) is 1. The Balaban J connectivity index is 1.42. The van der Waals surface area contributed by atoms with Gasteiger partial charge in [-0.25, -0.2) is 19.0 Å². The zero-order chi connectivity index (χ0) is 27.7. The van der Waals surface area contributed by atoms with Crippen LogP contribution in [0.25, 0.3) is 28.2 Å². The molecule has 39 heavy (non-hydrogen) atoms.